The summed E-state index contributed by atoms with van der Waals surface area (Å²) in [7, 11) is 3.05. The van der Waals surface area contributed by atoms with E-state index in [9.17, 15) is 4.79 Å². The number of rotatable bonds is 9. The highest BCUT2D eigenvalue weighted by Gasteiger charge is 2.42. The zero-order chi connectivity index (χ0) is 25.8. The Morgan fingerprint density at radius 3 is 2.86 bits per heavy atom. The number of nitrogens with one attached hydrogen (secondary N) is 2. The maximum absolute atomic E-state index is 12.3. The summed E-state index contributed by atoms with van der Waals surface area (Å²) in [5.74, 6) is 0.277. The molecule has 37 heavy (non-hydrogen) atoms. The quantitative estimate of drug-likeness (QED) is 0.411. The summed E-state index contributed by atoms with van der Waals surface area (Å²) in [4.78, 5) is 19.0. The largest absolute Gasteiger partial charge is 0.495 e. The number of amides is 1. The average molecular weight is 522 g/mol. The number of carbonyl (C=O) groups is 1. The number of benzene rings is 1. The van der Waals surface area contributed by atoms with Crippen LogP contribution in [0.1, 0.15) is 36.3 Å². The molecule has 0 spiro atoms. The van der Waals surface area contributed by atoms with Crippen LogP contribution in [0.3, 0.4) is 0 Å². The Balaban J connectivity index is 1.56. The second kappa shape index (κ2) is 11.3. The number of thiocarbonyl (C=S) groups is 1. The van der Waals surface area contributed by atoms with E-state index in [0.717, 1.165) is 43.1 Å². The number of aromatic nitrogens is 2. The highest BCUT2D eigenvalue weighted by Crippen LogP contribution is 2.43. The molecule has 2 fully saturated rings. The Bertz CT molecular complexity index is 1240. The van der Waals surface area contributed by atoms with Crippen LogP contribution in [0.15, 0.2) is 60.9 Å². The fourth-order valence-electron chi connectivity index (χ4n) is 5.06. The van der Waals surface area contributed by atoms with Crippen LogP contribution < -0.4 is 20.3 Å². The molecular formula is C27H31N5O4S. The predicted molar refractivity (Wildman–Crippen MR) is 145 cm³/mol. The summed E-state index contributed by atoms with van der Waals surface area (Å²) >= 11 is 5.89. The lowest BCUT2D eigenvalue weighted by molar-refractivity contribution is -0.119. The molecule has 9 nitrogen and oxygen atoms in total. The van der Waals surface area contributed by atoms with Gasteiger partial charge in [-0.05, 0) is 67.5 Å². The van der Waals surface area contributed by atoms with E-state index in [1.807, 2.05) is 36.4 Å². The number of methoxy groups -OCH3 is 2. The van der Waals surface area contributed by atoms with Crippen molar-refractivity contribution in [3.8, 4) is 5.75 Å². The van der Waals surface area contributed by atoms with Gasteiger partial charge in [-0.3, -0.25) is 9.78 Å². The maximum Gasteiger partial charge on any atom is 0.250 e. The molecule has 0 bridgehead atoms. The summed E-state index contributed by atoms with van der Waals surface area (Å²) in [5, 5.41) is 6.95. The fraction of sp³-hybridized carbons (Fsp3) is 0.370. The normalized spacial score (nSPS) is 21.2. The molecule has 2 N–H and O–H groups in total. The van der Waals surface area contributed by atoms with Crippen LogP contribution in [0.5, 0.6) is 5.75 Å². The zero-order valence-corrected chi connectivity index (χ0v) is 21.7. The van der Waals surface area contributed by atoms with E-state index >= 15 is 0 Å². The SMILES string of the molecule is COCC(=O)Nc1cc(N2C(=S)N[C@H](c3ccccn3)[C@@H]2c2cccn2C[C@@H]2CCCO2)ccc1OC. The van der Waals surface area contributed by atoms with Crippen molar-refractivity contribution in [3.63, 3.8) is 0 Å². The molecule has 2 saturated heterocycles. The van der Waals surface area contributed by atoms with Crippen molar-refractivity contribution in [2.75, 3.05) is 37.7 Å². The summed E-state index contributed by atoms with van der Waals surface area (Å²) in [6.45, 7) is 1.52. The minimum Gasteiger partial charge on any atom is -0.495 e. The first-order valence-corrected chi connectivity index (χ1v) is 12.7. The first kappa shape index (κ1) is 25.2. The van der Waals surface area contributed by atoms with Gasteiger partial charge in [-0.25, -0.2) is 0 Å². The van der Waals surface area contributed by atoms with E-state index in [0.29, 0.717) is 16.5 Å². The number of nitrogens with zero attached hydrogens (tertiary/aromatic N) is 3. The van der Waals surface area contributed by atoms with Crippen LogP contribution in [0.2, 0.25) is 0 Å². The molecule has 3 atom stereocenters. The van der Waals surface area contributed by atoms with E-state index in [-0.39, 0.29) is 30.7 Å². The molecule has 0 saturated carbocycles. The summed E-state index contributed by atoms with van der Waals surface area (Å²) in [5.41, 5.74) is 3.35. The van der Waals surface area contributed by atoms with Gasteiger partial charge in [-0.15, -0.1) is 0 Å². The first-order chi connectivity index (χ1) is 18.1. The van der Waals surface area contributed by atoms with Gasteiger partial charge in [0.2, 0.25) is 5.91 Å². The Morgan fingerprint density at radius 1 is 1.24 bits per heavy atom. The minimum atomic E-state index is -0.270. The number of hydrogen-bond acceptors (Lipinski definition) is 6. The van der Waals surface area contributed by atoms with Gasteiger partial charge in [-0.1, -0.05) is 6.07 Å². The van der Waals surface area contributed by atoms with E-state index in [1.165, 1.54) is 7.11 Å². The fourth-order valence-corrected chi connectivity index (χ4v) is 5.41. The molecule has 0 radical (unpaired) electrons. The van der Waals surface area contributed by atoms with Crippen LogP contribution in [0.25, 0.3) is 0 Å². The number of ether oxygens (including phenoxy) is 3. The van der Waals surface area contributed by atoms with Crippen LogP contribution in [0, 0.1) is 0 Å². The van der Waals surface area contributed by atoms with Crippen molar-refractivity contribution >= 4 is 34.6 Å². The summed E-state index contributed by atoms with van der Waals surface area (Å²) < 4.78 is 18.7. The first-order valence-electron chi connectivity index (χ1n) is 12.3. The van der Waals surface area contributed by atoms with Crippen molar-refractivity contribution in [2.45, 2.75) is 37.6 Å². The molecule has 2 aliphatic rings. The third-order valence-electron chi connectivity index (χ3n) is 6.70. The molecule has 0 unspecified atom stereocenters. The van der Waals surface area contributed by atoms with Gasteiger partial charge in [-0.2, -0.15) is 0 Å². The lowest BCUT2D eigenvalue weighted by Gasteiger charge is -2.30. The average Bonchev–Trinajstić information content (AvgIpc) is 3.65. The number of anilines is 2. The molecule has 1 amide bonds. The minimum absolute atomic E-state index is 0.0573. The van der Waals surface area contributed by atoms with Gasteiger partial charge in [0.25, 0.3) is 0 Å². The van der Waals surface area contributed by atoms with E-state index in [2.05, 4.69) is 43.4 Å². The molecular weight excluding hydrogens is 490 g/mol. The third-order valence-corrected chi connectivity index (χ3v) is 7.02. The topological polar surface area (TPSA) is 89.9 Å². The van der Waals surface area contributed by atoms with Gasteiger partial charge >= 0.3 is 0 Å². The van der Waals surface area contributed by atoms with Crippen LogP contribution in [0.4, 0.5) is 11.4 Å². The van der Waals surface area contributed by atoms with Crippen molar-refractivity contribution < 1.29 is 19.0 Å². The van der Waals surface area contributed by atoms with Gasteiger partial charge in [0, 0.05) is 44.0 Å². The Kier molecular flexibility index (Phi) is 7.68. The maximum atomic E-state index is 12.3. The predicted octanol–water partition coefficient (Wildman–Crippen LogP) is 3.83. The zero-order valence-electron chi connectivity index (χ0n) is 20.9. The molecule has 10 heteroatoms. The van der Waals surface area contributed by atoms with Crippen LogP contribution >= 0.6 is 12.2 Å². The van der Waals surface area contributed by atoms with Crippen molar-refractivity contribution in [2.24, 2.45) is 0 Å². The monoisotopic (exact) mass is 521 g/mol. The van der Waals surface area contributed by atoms with Crippen molar-refractivity contribution in [1.29, 1.82) is 0 Å². The van der Waals surface area contributed by atoms with Gasteiger partial charge in [0.1, 0.15) is 18.4 Å². The molecule has 194 valence electrons. The lowest BCUT2D eigenvalue weighted by atomic mass is 10.0. The molecule has 4 heterocycles. The molecule has 2 aliphatic heterocycles. The summed E-state index contributed by atoms with van der Waals surface area (Å²) in [6, 6.07) is 15.4. The van der Waals surface area contributed by atoms with Gasteiger partial charge < -0.3 is 34.3 Å². The molecule has 3 aromatic rings. The number of carbonyl (C=O) groups excluding carboxylic acids is 1. The molecule has 5 rings (SSSR count). The second-order valence-electron chi connectivity index (χ2n) is 9.08. The van der Waals surface area contributed by atoms with Crippen LogP contribution in [-0.4, -0.2) is 54.1 Å². The van der Waals surface area contributed by atoms with E-state index in [1.54, 1.807) is 13.3 Å². The third kappa shape index (κ3) is 5.31. The standard InChI is InChI=1S/C27H31N5O4S/c1-34-17-24(33)29-21-15-18(10-11-23(21)35-2)32-26(25(30-27(32)37)20-8-3-4-12-28-20)22-9-5-13-31(22)16-19-7-6-14-36-19/h3-5,8-13,15,19,25-26H,6-7,14,16-17H2,1-2H3,(H,29,33)(H,30,37)/t19-,25+,26-/m0/s1. The highest BCUT2D eigenvalue weighted by atomic mass is 32.1. The van der Waals surface area contributed by atoms with E-state index < -0.39 is 0 Å². The molecule has 2 aromatic heterocycles. The van der Waals surface area contributed by atoms with Crippen LogP contribution in [-0.2, 0) is 20.8 Å². The smallest absolute Gasteiger partial charge is 0.250 e. The van der Waals surface area contributed by atoms with Gasteiger partial charge in [0.15, 0.2) is 5.11 Å². The lowest BCUT2D eigenvalue weighted by Crippen LogP contribution is -2.31. The summed E-state index contributed by atoms with van der Waals surface area (Å²) in [6.07, 6.45) is 6.22. The Hall–Kier alpha value is -3.47. The number of hydrogen-bond donors (Lipinski definition) is 2. The Morgan fingerprint density at radius 2 is 2.14 bits per heavy atom. The van der Waals surface area contributed by atoms with Crippen molar-refractivity contribution in [1.82, 2.24) is 14.9 Å². The Labute approximate surface area is 221 Å². The number of pyridine rings is 1. The van der Waals surface area contributed by atoms with E-state index in [4.69, 9.17) is 26.4 Å². The molecule has 0 aliphatic carbocycles. The van der Waals surface area contributed by atoms with Crippen molar-refractivity contribution in [3.05, 3.63) is 72.3 Å². The second-order valence-corrected chi connectivity index (χ2v) is 9.47. The van der Waals surface area contributed by atoms with Gasteiger partial charge in [0.05, 0.1) is 30.6 Å². The molecule has 1 aromatic carbocycles. The highest BCUT2D eigenvalue weighted by molar-refractivity contribution is 7.80.